The van der Waals surface area contributed by atoms with Crippen LogP contribution in [0.4, 0.5) is 5.82 Å². The predicted molar refractivity (Wildman–Crippen MR) is 61.3 cm³/mol. The molecular weight excluding hydrogens is 188 g/mol. The van der Waals surface area contributed by atoms with Gasteiger partial charge in [0.05, 0.1) is 6.20 Å². The lowest BCUT2D eigenvalue weighted by atomic mass is 10.0. The second-order valence-corrected chi connectivity index (χ2v) is 4.49. The van der Waals surface area contributed by atoms with Gasteiger partial charge in [-0.2, -0.15) is 5.10 Å². The summed E-state index contributed by atoms with van der Waals surface area (Å²) in [6, 6.07) is 0.679. The Hall–Kier alpha value is -1.03. The Morgan fingerprint density at radius 1 is 1.53 bits per heavy atom. The number of nitrogen functional groups attached to an aromatic ring is 1. The van der Waals surface area contributed by atoms with Gasteiger partial charge < -0.3 is 5.73 Å². The Balaban J connectivity index is 2.04. The molecule has 0 saturated carbocycles. The summed E-state index contributed by atoms with van der Waals surface area (Å²) >= 11 is 0. The van der Waals surface area contributed by atoms with E-state index in [2.05, 4.69) is 16.9 Å². The molecule has 0 amide bonds. The van der Waals surface area contributed by atoms with Crippen molar-refractivity contribution in [2.45, 2.75) is 38.8 Å². The Labute approximate surface area is 91.1 Å². The van der Waals surface area contributed by atoms with Crippen molar-refractivity contribution in [2.24, 2.45) is 7.05 Å². The van der Waals surface area contributed by atoms with Gasteiger partial charge in [0, 0.05) is 25.2 Å². The van der Waals surface area contributed by atoms with Gasteiger partial charge in [-0.15, -0.1) is 0 Å². The van der Waals surface area contributed by atoms with E-state index in [1.807, 2.05) is 13.2 Å². The molecule has 0 spiro atoms. The molecule has 0 aliphatic carbocycles. The number of rotatable bonds is 2. The maximum Gasteiger partial charge on any atom is 0.125 e. The van der Waals surface area contributed by atoms with Crippen LogP contribution in [0.2, 0.25) is 0 Å². The first-order chi connectivity index (χ1) is 7.18. The maximum atomic E-state index is 5.94. The fraction of sp³-hybridized carbons (Fsp3) is 0.727. The van der Waals surface area contributed by atoms with Crippen LogP contribution in [-0.4, -0.2) is 27.3 Å². The zero-order valence-electron chi connectivity index (χ0n) is 9.61. The number of nitrogens with two attached hydrogens (primary N) is 1. The highest BCUT2D eigenvalue weighted by molar-refractivity contribution is 5.38. The molecule has 1 aromatic rings. The Morgan fingerprint density at radius 2 is 2.33 bits per heavy atom. The lowest BCUT2D eigenvalue weighted by molar-refractivity contribution is 0.153. The fourth-order valence-electron chi connectivity index (χ4n) is 2.23. The summed E-state index contributed by atoms with van der Waals surface area (Å²) < 4.78 is 1.74. The van der Waals surface area contributed by atoms with Gasteiger partial charge in [-0.1, -0.05) is 6.42 Å². The summed E-state index contributed by atoms with van der Waals surface area (Å²) in [5.74, 6) is 0.799. The highest BCUT2D eigenvalue weighted by Gasteiger charge is 2.19. The third kappa shape index (κ3) is 2.15. The van der Waals surface area contributed by atoms with Crippen LogP contribution in [0.3, 0.4) is 0 Å². The minimum absolute atomic E-state index is 0.679. The summed E-state index contributed by atoms with van der Waals surface area (Å²) in [7, 11) is 1.89. The topological polar surface area (TPSA) is 47.1 Å². The van der Waals surface area contributed by atoms with Gasteiger partial charge >= 0.3 is 0 Å². The second-order valence-electron chi connectivity index (χ2n) is 4.49. The molecule has 1 atom stereocenters. The van der Waals surface area contributed by atoms with Crippen LogP contribution in [0.15, 0.2) is 6.20 Å². The number of aryl methyl sites for hydroxylation is 1. The van der Waals surface area contributed by atoms with Crippen LogP contribution in [0.5, 0.6) is 0 Å². The first kappa shape index (κ1) is 10.5. The second kappa shape index (κ2) is 4.23. The molecule has 1 saturated heterocycles. The molecule has 1 aromatic heterocycles. The van der Waals surface area contributed by atoms with Crippen LogP contribution in [-0.2, 0) is 13.6 Å². The van der Waals surface area contributed by atoms with Crippen LogP contribution in [0.25, 0.3) is 0 Å². The van der Waals surface area contributed by atoms with E-state index in [1.54, 1.807) is 4.68 Å². The quantitative estimate of drug-likeness (QED) is 0.798. The summed E-state index contributed by atoms with van der Waals surface area (Å²) in [6.45, 7) is 4.43. The number of anilines is 1. The van der Waals surface area contributed by atoms with E-state index in [0.717, 1.165) is 17.9 Å². The van der Waals surface area contributed by atoms with Gasteiger partial charge in [-0.3, -0.25) is 9.58 Å². The van der Waals surface area contributed by atoms with Gasteiger partial charge in [-0.05, 0) is 26.3 Å². The van der Waals surface area contributed by atoms with Crippen molar-refractivity contribution in [3.05, 3.63) is 11.8 Å². The molecule has 84 valence electrons. The van der Waals surface area contributed by atoms with Crippen molar-refractivity contribution in [1.82, 2.24) is 14.7 Å². The summed E-state index contributed by atoms with van der Waals surface area (Å²) in [5.41, 5.74) is 7.10. The molecule has 1 unspecified atom stereocenters. The van der Waals surface area contributed by atoms with Gasteiger partial charge in [0.2, 0.25) is 0 Å². The van der Waals surface area contributed by atoms with Crippen molar-refractivity contribution < 1.29 is 0 Å². The van der Waals surface area contributed by atoms with Gasteiger partial charge in [0.25, 0.3) is 0 Å². The zero-order chi connectivity index (χ0) is 10.8. The van der Waals surface area contributed by atoms with Gasteiger partial charge in [0.1, 0.15) is 5.82 Å². The highest BCUT2D eigenvalue weighted by atomic mass is 15.3. The van der Waals surface area contributed by atoms with E-state index in [0.29, 0.717) is 6.04 Å². The van der Waals surface area contributed by atoms with Crippen molar-refractivity contribution in [3.8, 4) is 0 Å². The predicted octanol–water partition coefficient (Wildman–Crippen LogP) is 1.38. The molecule has 1 aliphatic rings. The van der Waals surface area contributed by atoms with Crippen molar-refractivity contribution >= 4 is 5.82 Å². The molecule has 0 aromatic carbocycles. The van der Waals surface area contributed by atoms with Gasteiger partial charge in [-0.25, -0.2) is 0 Å². The minimum atomic E-state index is 0.679. The van der Waals surface area contributed by atoms with Crippen LogP contribution < -0.4 is 5.73 Å². The number of hydrogen-bond acceptors (Lipinski definition) is 3. The molecule has 2 rings (SSSR count). The third-order valence-corrected chi connectivity index (χ3v) is 3.38. The number of aromatic nitrogens is 2. The van der Waals surface area contributed by atoms with Crippen LogP contribution >= 0.6 is 0 Å². The minimum Gasteiger partial charge on any atom is -0.384 e. The first-order valence-electron chi connectivity index (χ1n) is 5.69. The van der Waals surface area contributed by atoms with E-state index >= 15 is 0 Å². The summed E-state index contributed by atoms with van der Waals surface area (Å²) in [5, 5.41) is 4.17. The smallest absolute Gasteiger partial charge is 0.125 e. The summed E-state index contributed by atoms with van der Waals surface area (Å²) in [4.78, 5) is 2.50. The molecule has 15 heavy (non-hydrogen) atoms. The molecule has 2 heterocycles. The Bertz CT molecular complexity index is 331. The van der Waals surface area contributed by atoms with Gasteiger partial charge in [0.15, 0.2) is 0 Å². The molecular formula is C11H20N4. The van der Waals surface area contributed by atoms with Crippen molar-refractivity contribution in [3.63, 3.8) is 0 Å². The van der Waals surface area contributed by atoms with Crippen molar-refractivity contribution in [2.75, 3.05) is 12.3 Å². The van der Waals surface area contributed by atoms with Crippen molar-refractivity contribution in [1.29, 1.82) is 0 Å². The van der Waals surface area contributed by atoms with E-state index in [-0.39, 0.29) is 0 Å². The number of likely N-dealkylation sites (tertiary alicyclic amines) is 1. The average molecular weight is 208 g/mol. The van der Waals surface area contributed by atoms with Crippen LogP contribution in [0.1, 0.15) is 31.7 Å². The fourth-order valence-corrected chi connectivity index (χ4v) is 2.23. The molecule has 1 fully saturated rings. The lowest BCUT2D eigenvalue weighted by Crippen LogP contribution is -2.36. The third-order valence-electron chi connectivity index (χ3n) is 3.38. The van der Waals surface area contributed by atoms with E-state index in [1.165, 1.54) is 25.8 Å². The van der Waals surface area contributed by atoms with E-state index in [9.17, 15) is 0 Å². The molecule has 0 bridgehead atoms. The molecule has 1 aliphatic heterocycles. The largest absolute Gasteiger partial charge is 0.384 e. The maximum absolute atomic E-state index is 5.94. The SMILES string of the molecule is CC1CCCCN1Cc1cnn(C)c1N. The number of piperidine rings is 1. The highest BCUT2D eigenvalue weighted by Crippen LogP contribution is 2.21. The molecule has 0 radical (unpaired) electrons. The van der Waals surface area contributed by atoms with E-state index < -0.39 is 0 Å². The molecule has 2 N–H and O–H groups in total. The number of hydrogen-bond donors (Lipinski definition) is 1. The van der Waals surface area contributed by atoms with E-state index in [4.69, 9.17) is 5.73 Å². The monoisotopic (exact) mass is 208 g/mol. The summed E-state index contributed by atoms with van der Waals surface area (Å²) in [6.07, 6.45) is 5.86. The normalized spacial score (nSPS) is 23.2. The lowest BCUT2D eigenvalue weighted by Gasteiger charge is -2.33. The standard InChI is InChI=1S/C11H20N4/c1-9-5-3-4-6-15(9)8-10-7-13-14(2)11(10)12/h7,9H,3-6,8,12H2,1-2H3. The Morgan fingerprint density at radius 3 is 2.93 bits per heavy atom. The van der Waals surface area contributed by atoms with Crippen LogP contribution in [0, 0.1) is 0 Å². The Kier molecular flexibility index (Phi) is 2.95. The molecule has 4 nitrogen and oxygen atoms in total. The molecule has 4 heteroatoms. The first-order valence-corrected chi connectivity index (χ1v) is 5.69. The number of nitrogens with zero attached hydrogens (tertiary/aromatic N) is 3. The zero-order valence-corrected chi connectivity index (χ0v) is 9.61. The average Bonchev–Trinajstić information content (AvgIpc) is 2.53.